The van der Waals surface area contributed by atoms with Gasteiger partial charge in [0, 0.05) is 6.20 Å². The number of carbonyl (C=O) groups excluding carboxylic acids is 1. The van der Waals surface area contributed by atoms with Gasteiger partial charge in [-0.2, -0.15) is 0 Å². The van der Waals surface area contributed by atoms with Gasteiger partial charge >= 0.3 is 6.09 Å². The lowest BCUT2D eigenvalue weighted by Gasteiger charge is -2.19. The second kappa shape index (κ2) is 5.26. The van der Waals surface area contributed by atoms with Crippen molar-refractivity contribution in [3.05, 3.63) is 18.3 Å². The largest absolute Gasteiger partial charge is 0.504 e. The van der Waals surface area contributed by atoms with E-state index in [0.717, 1.165) is 4.90 Å². The summed E-state index contributed by atoms with van der Waals surface area (Å²) in [7, 11) is 0. The average molecular weight is 241 g/mol. The van der Waals surface area contributed by atoms with Crippen LogP contribution in [0.2, 0.25) is 0 Å². The molecule has 0 atom stereocenters. The monoisotopic (exact) mass is 241 g/mol. The number of thiocarbonyl (C=S) groups is 1. The van der Waals surface area contributed by atoms with E-state index in [1.165, 1.54) is 18.3 Å². The smallest absolute Gasteiger partial charge is 0.422 e. The molecule has 86 valence electrons. The van der Waals surface area contributed by atoms with Crippen LogP contribution in [0.1, 0.15) is 6.92 Å². The van der Waals surface area contributed by atoms with Crippen molar-refractivity contribution in [3.63, 3.8) is 0 Å². The third kappa shape index (κ3) is 2.57. The van der Waals surface area contributed by atoms with Crippen LogP contribution in [0.5, 0.6) is 5.75 Å². The van der Waals surface area contributed by atoms with Crippen LogP contribution in [0.15, 0.2) is 18.3 Å². The van der Waals surface area contributed by atoms with E-state index < -0.39 is 6.09 Å². The Kier molecular flexibility index (Phi) is 4.01. The van der Waals surface area contributed by atoms with Crippen LogP contribution in [-0.4, -0.2) is 27.9 Å². The minimum atomic E-state index is -0.774. The molecule has 0 unspecified atom stereocenters. The van der Waals surface area contributed by atoms with Crippen molar-refractivity contribution >= 4 is 29.2 Å². The number of aromatic hydroxyl groups is 1. The van der Waals surface area contributed by atoms with Crippen molar-refractivity contribution in [1.29, 1.82) is 0 Å². The Hall–Kier alpha value is -1.89. The Balaban J connectivity index is 3.08. The summed E-state index contributed by atoms with van der Waals surface area (Å²) in [6.45, 7) is 1.82. The Morgan fingerprint density at radius 2 is 2.44 bits per heavy atom. The van der Waals surface area contributed by atoms with E-state index in [0.29, 0.717) is 0 Å². The SMILES string of the molecule is CCOC(=O)N(C(N)=S)c1ncccc1O. The lowest BCUT2D eigenvalue weighted by atomic mass is 10.4. The highest BCUT2D eigenvalue weighted by atomic mass is 32.1. The molecule has 0 aliphatic heterocycles. The number of rotatable bonds is 2. The number of anilines is 1. The van der Waals surface area contributed by atoms with E-state index in [4.69, 9.17) is 22.7 Å². The topological polar surface area (TPSA) is 88.7 Å². The van der Waals surface area contributed by atoms with Gasteiger partial charge in [0.1, 0.15) is 0 Å². The van der Waals surface area contributed by atoms with Crippen molar-refractivity contribution in [2.45, 2.75) is 6.92 Å². The molecular weight excluding hydrogens is 230 g/mol. The maximum absolute atomic E-state index is 11.5. The summed E-state index contributed by atoms with van der Waals surface area (Å²) < 4.78 is 4.74. The van der Waals surface area contributed by atoms with Crippen LogP contribution in [0.4, 0.5) is 10.6 Å². The molecule has 6 nitrogen and oxygen atoms in total. The number of carbonyl (C=O) groups is 1. The molecule has 0 radical (unpaired) electrons. The van der Waals surface area contributed by atoms with Crippen molar-refractivity contribution in [2.75, 3.05) is 11.5 Å². The van der Waals surface area contributed by atoms with E-state index >= 15 is 0 Å². The highest BCUT2D eigenvalue weighted by molar-refractivity contribution is 7.80. The van der Waals surface area contributed by atoms with E-state index in [2.05, 4.69) is 4.98 Å². The molecule has 0 bridgehead atoms. The van der Waals surface area contributed by atoms with Gasteiger partial charge in [-0.05, 0) is 31.3 Å². The van der Waals surface area contributed by atoms with Crippen LogP contribution in [0.25, 0.3) is 0 Å². The van der Waals surface area contributed by atoms with E-state index in [1.807, 2.05) is 0 Å². The Bertz CT molecular complexity index is 411. The number of amides is 1. The van der Waals surface area contributed by atoms with Gasteiger partial charge in [0.05, 0.1) is 6.61 Å². The zero-order chi connectivity index (χ0) is 12.1. The molecule has 3 N–H and O–H groups in total. The van der Waals surface area contributed by atoms with Gasteiger partial charge in [-0.3, -0.25) is 0 Å². The quantitative estimate of drug-likeness (QED) is 0.751. The zero-order valence-corrected chi connectivity index (χ0v) is 9.40. The molecule has 0 aromatic carbocycles. The third-order valence-corrected chi connectivity index (χ3v) is 1.83. The second-order valence-electron chi connectivity index (χ2n) is 2.72. The van der Waals surface area contributed by atoms with Crippen molar-refractivity contribution in [2.24, 2.45) is 5.73 Å². The lowest BCUT2D eigenvalue weighted by molar-refractivity contribution is 0.163. The first-order chi connectivity index (χ1) is 7.57. The number of pyridine rings is 1. The third-order valence-electron chi connectivity index (χ3n) is 1.65. The summed E-state index contributed by atoms with van der Waals surface area (Å²) >= 11 is 4.70. The molecular formula is C9H11N3O3S. The van der Waals surface area contributed by atoms with Gasteiger partial charge in [-0.1, -0.05) is 0 Å². The summed E-state index contributed by atoms with van der Waals surface area (Å²) in [5.74, 6) is -0.253. The summed E-state index contributed by atoms with van der Waals surface area (Å²) in [6.07, 6.45) is 0.628. The number of nitrogens with zero attached hydrogens (tertiary/aromatic N) is 2. The molecule has 1 aromatic heterocycles. The molecule has 0 fully saturated rings. The van der Waals surface area contributed by atoms with Crippen molar-refractivity contribution in [3.8, 4) is 5.75 Å². The van der Waals surface area contributed by atoms with E-state index in [1.54, 1.807) is 6.92 Å². The molecule has 0 saturated carbocycles. The minimum absolute atomic E-state index is 0.0477. The highest BCUT2D eigenvalue weighted by Gasteiger charge is 2.23. The Labute approximate surface area is 97.6 Å². The highest BCUT2D eigenvalue weighted by Crippen LogP contribution is 2.23. The van der Waals surface area contributed by atoms with E-state index in [9.17, 15) is 9.90 Å². The number of nitrogens with two attached hydrogens (primary N) is 1. The summed E-state index contributed by atoms with van der Waals surface area (Å²) in [5.41, 5.74) is 5.37. The predicted octanol–water partition coefficient (Wildman–Crippen LogP) is 0.994. The zero-order valence-electron chi connectivity index (χ0n) is 8.58. The minimum Gasteiger partial charge on any atom is -0.504 e. The second-order valence-corrected chi connectivity index (χ2v) is 3.14. The fourth-order valence-corrected chi connectivity index (χ4v) is 1.19. The van der Waals surface area contributed by atoms with Crippen LogP contribution in [-0.2, 0) is 4.74 Å². The molecule has 1 amide bonds. The normalized spacial score (nSPS) is 9.56. The number of ether oxygens (including phenoxy) is 1. The van der Waals surface area contributed by atoms with Gasteiger partial charge in [-0.15, -0.1) is 0 Å². The van der Waals surface area contributed by atoms with Crippen LogP contribution in [0.3, 0.4) is 0 Å². The summed E-state index contributed by atoms with van der Waals surface area (Å²) in [6, 6.07) is 2.88. The van der Waals surface area contributed by atoms with Crippen LogP contribution < -0.4 is 10.6 Å². The fourth-order valence-electron chi connectivity index (χ4n) is 1.03. The first kappa shape index (κ1) is 12.2. The maximum atomic E-state index is 11.5. The molecule has 1 rings (SSSR count). The number of hydrogen-bond donors (Lipinski definition) is 2. The lowest BCUT2D eigenvalue weighted by Crippen LogP contribution is -2.41. The Morgan fingerprint density at radius 1 is 1.75 bits per heavy atom. The van der Waals surface area contributed by atoms with Crippen LogP contribution in [0, 0.1) is 0 Å². The maximum Gasteiger partial charge on any atom is 0.422 e. The molecule has 0 aliphatic rings. The molecule has 16 heavy (non-hydrogen) atoms. The fraction of sp³-hybridized carbons (Fsp3) is 0.222. The van der Waals surface area contributed by atoms with Gasteiger partial charge in [0.2, 0.25) is 0 Å². The van der Waals surface area contributed by atoms with Gasteiger partial charge < -0.3 is 15.6 Å². The molecule has 1 aromatic rings. The van der Waals surface area contributed by atoms with Crippen molar-refractivity contribution in [1.82, 2.24) is 4.98 Å². The molecule has 7 heteroatoms. The molecule has 0 aliphatic carbocycles. The summed E-state index contributed by atoms with van der Waals surface area (Å²) in [4.78, 5) is 16.2. The molecule has 0 saturated heterocycles. The van der Waals surface area contributed by atoms with Gasteiger partial charge in [0.25, 0.3) is 0 Å². The first-order valence-corrected chi connectivity index (χ1v) is 4.89. The van der Waals surface area contributed by atoms with Crippen molar-refractivity contribution < 1.29 is 14.6 Å². The number of aromatic nitrogens is 1. The standard InChI is InChI=1S/C9H11N3O3S/c1-2-15-9(14)12(8(10)16)7-6(13)4-3-5-11-7/h3-5,13H,2H2,1H3,(H2,10,16). The Morgan fingerprint density at radius 3 is 2.94 bits per heavy atom. The predicted molar refractivity (Wildman–Crippen MR) is 62.2 cm³/mol. The molecule has 0 spiro atoms. The average Bonchev–Trinajstić information content (AvgIpc) is 2.21. The van der Waals surface area contributed by atoms with E-state index in [-0.39, 0.29) is 23.3 Å². The van der Waals surface area contributed by atoms with Gasteiger partial charge in [-0.25, -0.2) is 14.7 Å². The van der Waals surface area contributed by atoms with Gasteiger partial charge in [0.15, 0.2) is 16.7 Å². The van der Waals surface area contributed by atoms with Crippen LogP contribution >= 0.6 is 12.2 Å². The first-order valence-electron chi connectivity index (χ1n) is 4.48. The molecule has 1 heterocycles. The number of hydrogen-bond acceptors (Lipinski definition) is 5. The summed E-state index contributed by atoms with van der Waals surface area (Å²) in [5, 5.41) is 9.28.